The molecule has 0 saturated carbocycles. The summed E-state index contributed by atoms with van der Waals surface area (Å²) in [5.41, 5.74) is 8.72. The molecule has 0 radical (unpaired) electrons. The predicted molar refractivity (Wildman–Crippen MR) is 118 cm³/mol. The number of piperazine rings is 1. The predicted octanol–water partition coefficient (Wildman–Crippen LogP) is 1.29. The van der Waals surface area contributed by atoms with Gasteiger partial charge in [0.05, 0.1) is 11.1 Å². The van der Waals surface area contributed by atoms with Gasteiger partial charge in [0, 0.05) is 51.2 Å². The fourth-order valence-electron chi connectivity index (χ4n) is 4.14. The number of hydrogen-bond acceptors (Lipinski definition) is 5. The van der Waals surface area contributed by atoms with Crippen LogP contribution in [0.2, 0.25) is 0 Å². The number of nitrogens with one attached hydrogen (secondary N) is 1. The molecule has 9 heteroatoms. The van der Waals surface area contributed by atoms with Gasteiger partial charge in [-0.25, -0.2) is 9.78 Å². The maximum absolute atomic E-state index is 13.2. The number of amides is 4. The maximum Gasteiger partial charge on any atom is 0.321 e. The van der Waals surface area contributed by atoms with Crippen LogP contribution in [0, 0.1) is 13.8 Å². The Bertz CT molecular complexity index is 1050. The van der Waals surface area contributed by atoms with Gasteiger partial charge in [-0.1, -0.05) is 6.07 Å². The molecule has 9 nitrogen and oxygen atoms in total. The molecule has 2 aromatic rings. The van der Waals surface area contributed by atoms with E-state index in [-0.39, 0.29) is 23.1 Å². The number of aryl methyl sites for hydroxylation is 2. The molecule has 2 fully saturated rings. The molecule has 31 heavy (non-hydrogen) atoms. The largest absolute Gasteiger partial charge is 0.366 e. The van der Waals surface area contributed by atoms with Crippen LogP contribution in [0.25, 0.3) is 0 Å². The number of carbonyl (C=O) groups excluding carboxylic acids is 3. The van der Waals surface area contributed by atoms with Crippen molar-refractivity contribution < 1.29 is 14.4 Å². The number of rotatable bonds is 4. The van der Waals surface area contributed by atoms with Crippen molar-refractivity contribution in [1.29, 1.82) is 0 Å². The van der Waals surface area contributed by atoms with Crippen molar-refractivity contribution in [1.82, 2.24) is 15.2 Å². The first-order chi connectivity index (χ1) is 14.8. The molecule has 162 valence electrons. The van der Waals surface area contributed by atoms with Gasteiger partial charge in [-0.3, -0.25) is 14.5 Å². The van der Waals surface area contributed by atoms with Crippen molar-refractivity contribution >= 4 is 29.4 Å². The van der Waals surface area contributed by atoms with Crippen LogP contribution in [0.1, 0.15) is 31.8 Å². The molecule has 2 aliphatic rings. The molecule has 0 aliphatic carbocycles. The van der Waals surface area contributed by atoms with Crippen LogP contribution in [0.15, 0.2) is 30.5 Å². The average molecular weight is 422 g/mol. The number of aromatic nitrogens is 1. The molecular weight excluding hydrogens is 396 g/mol. The lowest BCUT2D eigenvalue weighted by Gasteiger charge is -2.36. The summed E-state index contributed by atoms with van der Waals surface area (Å²) in [5.74, 6) is 0.00569. The number of pyridine rings is 1. The summed E-state index contributed by atoms with van der Waals surface area (Å²) in [6.45, 7) is 7.42. The summed E-state index contributed by atoms with van der Waals surface area (Å²) >= 11 is 0. The number of benzene rings is 1. The molecule has 2 saturated heterocycles. The second kappa shape index (κ2) is 8.25. The molecule has 1 aromatic carbocycles. The highest BCUT2D eigenvalue weighted by atomic mass is 16.2. The van der Waals surface area contributed by atoms with Gasteiger partial charge in [-0.2, -0.15) is 0 Å². The third kappa shape index (κ3) is 4.03. The lowest BCUT2D eigenvalue weighted by Crippen LogP contribution is -2.49. The van der Waals surface area contributed by atoms with E-state index in [2.05, 4.69) is 21.3 Å². The quantitative estimate of drug-likeness (QED) is 0.771. The third-order valence-corrected chi connectivity index (χ3v) is 5.72. The normalized spacial score (nSPS) is 16.5. The molecule has 2 aliphatic heterocycles. The van der Waals surface area contributed by atoms with Crippen LogP contribution in [-0.2, 0) is 0 Å². The summed E-state index contributed by atoms with van der Waals surface area (Å²) < 4.78 is 0. The minimum absolute atomic E-state index is 0.126. The first-order valence-corrected chi connectivity index (χ1v) is 10.3. The van der Waals surface area contributed by atoms with Crippen LogP contribution >= 0.6 is 0 Å². The van der Waals surface area contributed by atoms with Gasteiger partial charge in [0.1, 0.15) is 5.82 Å². The summed E-state index contributed by atoms with van der Waals surface area (Å²) in [7, 11) is 0. The van der Waals surface area contributed by atoms with Crippen molar-refractivity contribution in [2.24, 2.45) is 5.73 Å². The Morgan fingerprint density at radius 3 is 2.39 bits per heavy atom. The fraction of sp³-hybridized carbons (Fsp3) is 0.364. The van der Waals surface area contributed by atoms with Crippen LogP contribution in [-0.4, -0.2) is 67.0 Å². The number of carbonyl (C=O) groups is 3. The Hall–Kier alpha value is -3.62. The summed E-state index contributed by atoms with van der Waals surface area (Å²) in [5, 5.41) is 2.72. The third-order valence-electron chi connectivity index (χ3n) is 5.72. The molecule has 3 N–H and O–H groups in total. The number of anilines is 2. The number of hydrogen-bond donors (Lipinski definition) is 2. The number of nitrogens with two attached hydrogens (primary N) is 1. The average Bonchev–Trinajstić information content (AvgIpc) is 3.19. The lowest BCUT2D eigenvalue weighted by atomic mass is 10.0. The second-order valence-electron chi connectivity index (χ2n) is 7.91. The zero-order valence-electron chi connectivity index (χ0n) is 17.7. The SMILES string of the molecule is Cc1cnc(N2CCN(C(=O)c3ccc(N4CCNC4=O)cc3C(N)=O)CC2)c(C)c1. The van der Waals surface area contributed by atoms with Gasteiger partial charge >= 0.3 is 6.03 Å². The first kappa shape index (κ1) is 20.6. The molecule has 0 atom stereocenters. The Morgan fingerprint density at radius 2 is 1.77 bits per heavy atom. The van der Waals surface area contributed by atoms with Crippen LogP contribution in [0.3, 0.4) is 0 Å². The molecule has 3 heterocycles. The Balaban J connectivity index is 1.50. The Kier molecular flexibility index (Phi) is 5.50. The molecule has 0 bridgehead atoms. The van der Waals surface area contributed by atoms with Gasteiger partial charge in [0.2, 0.25) is 5.91 Å². The molecular formula is C22H26N6O3. The van der Waals surface area contributed by atoms with Gasteiger partial charge < -0.3 is 20.9 Å². The first-order valence-electron chi connectivity index (χ1n) is 10.3. The number of urea groups is 1. The van der Waals surface area contributed by atoms with E-state index in [1.54, 1.807) is 17.0 Å². The molecule has 0 spiro atoms. The van der Waals surface area contributed by atoms with E-state index >= 15 is 0 Å². The van der Waals surface area contributed by atoms with E-state index < -0.39 is 5.91 Å². The van der Waals surface area contributed by atoms with E-state index in [1.165, 1.54) is 11.0 Å². The monoisotopic (exact) mass is 422 g/mol. The van der Waals surface area contributed by atoms with Crippen molar-refractivity contribution in [3.63, 3.8) is 0 Å². The van der Waals surface area contributed by atoms with E-state index in [9.17, 15) is 14.4 Å². The standard InChI is InChI=1S/C22H26N6O3/c1-14-11-15(2)20(25-13-14)26-7-9-27(10-8-26)21(30)17-4-3-16(12-18(17)19(23)29)28-6-5-24-22(28)31/h3-4,11-13H,5-10H2,1-2H3,(H2,23,29)(H,24,31). The van der Waals surface area contributed by atoms with Crippen molar-refractivity contribution in [3.05, 3.63) is 52.7 Å². The highest BCUT2D eigenvalue weighted by molar-refractivity contribution is 6.08. The molecule has 0 unspecified atom stereocenters. The van der Waals surface area contributed by atoms with E-state index in [4.69, 9.17) is 5.73 Å². The topological polar surface area (TPSA) is 112 Å². The van der Waals surface area contributed by atoms with E-state index in [1.807, 2.05) is 20.0 Å². The number of nitrogens with zero attached hydrogens (tertiary/aromatic N) is 4. The smallest absolute Gasteiger partial charge is 0.321 e. The minimum atomic E-state index is -0.692. The molecule has 4 rings (SSSR count). The summed E-state index contributed by atoms with van der Waals surface area (Å²) in [4.78, 5) is 47.1. The van der Waals surface area contributed by atoms with Gasteiger partial charge in [0.15, 0.2) is 0 Å². The zero-order valence-corrected chi connectivity index (χ0v) is 17.7. The Morgan fingerprint density at radius 1 is 1.03 bits per heavy atom. The van der Waals surface area contributed by atoms with Crippen molar-refractivity contribution in [3.8, 4) is 0 Å². The fourth-order valence-corrected chi connectivity index (χ4v) is 4.14. The highest BCUT2D eigenvalue weighted by Gasteiger charge is 2.28. The van der Waals surface area contributed by atoms with E-state index in [0.29, 0.717) is 45.0 Å². The van der Waals surface area contributed by atoms with Gasteiger partial charge in [-0.15, -0.1) is 0 Å². The van der Waals surface area contributed by atoms with E-state index in [0.717, 1.165) is 16.9 Å². The highest BCUT2D eigenvalue weighted by Crippen LogP contribution is 2.24. The van der Waals surface area contributed by atoms with Crippen LogP contribution in [0.5, 0.6) is 0 Å². The molecule has 4 amide bonds. The molecule has 1 aromatic heterocycles. The van der Waals surface area contributed by atoms with Gasteiger partial charge in [0.25, 0.3) is 5.91 Å². The zero-order chi connectivity index (χ0) is 22.1. The summed E-state index contributed by atoms with van der Waals surface area (Å²) in [6, 6.07) is 6.66. The number of primary amides is 1. The van der Waals surface area contributed by atoms with Crippen molar-refractivity contribution in [2.75, 3.05) is 49.1 Å². The Labute approximate surface area is 180 Å². The summed E-state index contributed by atoms with van der Waals surface area (Å²) in [6.07, 6.45) is 1.85. The maximum atomic E-state index is 13.2. The van der Waals surface area contributed by atoms with Crippen LogP contribution < -0.4 is 20.9 Å². The minimum Gasteiger partial charge on any atom is -0.366 e. The van der Waals surface area contributed by atoms with Crippen molar-refractivity contribution in [2.45, 2.75) is 13.8 Å². The van der Waals surface area contributed by atoms with Gasteiger partial charge in [-0.05, 0) is 43.2 Å². The second-order valence-corrected chi connectivity index (χ2v) is 7.91. The van der Waals surface area contributed by atoms with Crippen LogP contribution in [0.4, 0.5) is 16.3 Å². The lowest BCUT2D eigenvalue weighted by molar-refractivity contribution is 0.0741.